The Kier molecular flexibility index (Phi) is 4.38. The minimum atomic E-state index is -0.768. The molecule has 1 saturated carbocycles. The highest BCUT2D eigenvalue weighted by molar-refractivity contribution is 5.78. The van der Waals surface area contributed by atoms with Gasteiger partial charge in [0.15, 0.2) is 0 Å². The number of aromatic nitrogens is 1. The van der Waals surface area contributed by atoms with E-state index in [1.54, 1.807) is 12.1 Å². The third-order valence-corrected chi connectivity index (χ3v) is 7.22. The van der Waals surface area contributed by atoms with Crippen molar-refractivity contribution in [3.63, 3.8) is 0 Å². The topological polar surface area (TPSA) is 90.0 Å². The molecular weight excluding hydrogens is 411 g/mol. The van der Waals surface area contributed by atoms with Gasteiger partial charge in [-0.15, -0.1) is 0 Å². The van der Waals surface area contributed by atoms with Crippen molar-refractivity contribution in [3.8, 4) is 16.9 Å². The van der Waals surface area contributed by atoms with Gasteiger partial charge in [0.2, 0.25) is 11.9 Å². The van der Waals surface area contributed by atoms with Crippen LogP contribution in [-0.4, -0.2) is 47.6 Å². The SMILES string of the molecule is NC1=NC2(CO1)c1cc(-c3cccnc3F)ccc1O[C@H]1CCN(C(=O)CC3CC3)C[C@@H]12. The maximum Gasteiger partial charge on any atom is 0.283 e. The maximum atomic E-state index is 14.4. The van der Waals surface area contributed by atoms with Gasteiger partial charge in [0.1, 0.15) is 24.0 Å². The Hall–Kier alpha value is -3.16. The summed E-state index contributed by atoms with van der Waals surface area (Å²) in [6, 6.07) is 9.15. The van der Waals surface area contributed by atoms with Gasteiger partial charge in [-0.25, -0.2) is 9.98 Å². The van der Waals surface area contributed by atoms with E-state index in [-0.39, 0.29) is 30.6 Å². The fourth-order valence-electron chi connectivity index (χ4n) is 5.33. The molecule has 1 aromatic carbocycles. The highest BCUT2D eigenvalue weighted by atomic mass is 19.1. The molecule has 8 heteroatoms. The summed E-state index contributed by atoms with van der Waals surface area (Å²) >= 11 is 0. The van der Waals surface area contributed by atoms with E-state index in [2.05, 4.69) is 4.98 Å². The fourth-order valence-corrected chi connectivity index (χ4v) is 5.33. The Labute approximate surface area is 185 Å². The Bertz CT molecular complexity index is 1120. The van der Waals surface area contributed by atoms with Crippen LogP contribution in [0, 0.1) is 17.8 Å². The Morgan fingerprint density at radius 2 is 2.16 bits per heavy atom. The molecule has 1 saturated heterocycles. The van der Waals surface area contributed by atoms with Gasteiger partial charge in [-0.05, 0) is 48.6 Å². The quantitative estimate of drug-likeness (QED) is 0.748. The number of pyridine rings is 1. The smallest absolute Gasteiger partial charge is 0.283 e. The number of nitrogens with zero attached hydrogens (tertiary/aromatic N) is 3. The van der Waals surface area contributed by atoms with Crippen LogP contribution in [0.5, 0.6) is 5.75 Å². The molecule has 1 unspecified atom stereocenters. The summed E-state index contributed by atoms with van der Waals surface area (Å²) < 4.78 is 26.5. The lowest BCUT2D eigenvalue weighted by molar-refractivity contribution is -0.137. The van der Waals surface area contributed by atoms with E-state index in [0.29, 0.717) is 42.3 Å². The van der Waals surface area contributed by atoms with Crippen LogP contribution >= 0.6 is 0 Å². The summed E-state index contributed by atoms with van der Waals surface area (Å²) in [5.74, 6) is 0.823. The van der Waals surface area contributed by atoms with Gasteiger partial charge < -0.3 is 20.1 Å². The predicted octanol–water partition coefficient (Wildman–Crippen LogP) is 2.84. The zero-order valence-corrected chi connectivity index (χ0v) is 17.7. The van der Waals surface area contributed by atoms with Crippen molar-refractivity contribution >= 4 is 11.9 Å². The number of piperidine rings is 1. The molecule has 166 valence electrons. The minimum absolute atomic E-state index is 0.0910. The van der Waals surface area contributed by atoms with E-state index in [4.69, 9.17) is 20.2 Å². The Morgan fingerprint density at radius 1 is 1.28 bits per heavy atom. The van der Waals surface area contributed by atoms with E-state index in [9.17, 15) is 9.18 Å². The van der Waals surface area contributed by atoms with E-state index in [0.717, 1.165) is 24.8 Å². The van der Waals surface area contributed by atoms with Crippen LogP contribution in [0.25, 0.3) is 11.1 Å². The Balaban J connectivity index is 1.40. The first-order valence-corrected chi connectivity index (χ1v) is 11.2. The summed E-state index contributed by atoms with van der Waals surface area (Å²) in [5.41, 5.74) is 7.14. The van der Waals surface area contributed by atoms with E-state index in [1.165, 1.54) is 6.20 Å². The van der Waals surface area contributed by atoms with Crippen molar-refractivity contribution in [1.29, 1.82) is 0 Å². The van der Waals surface area contributed by atoms with Crippen LogP contribution in [0.1, 0.15) is 31.2 Å². The molecule has 1 aromatic heterocycles. The number of nitrogens with two attached hydrogens (primary N) is 1. The highest BCUT2D eigenvalue weighted by Crippen LogP contribution is 2.51. The van der Waals surface area contributed by atoms with Crippen LogP contribution in [0.2, 0.25) is 0 Å². The fraction of sp³-hybridized carbons (Fsp3) is 0.458. The van der Waals surface area contributed by atoms with Crippen molar-refractivity contribution < 1.29 is 18.7 Å². The number of amidine groups is 1. The van der Waals surface area contributed by atoms with Crippen LogP contribution < -0.4 is 10.5 Å². The molecule has 0 bridgehead atoms. The largest absolute Gasteiger partial charge is 0.490 e. The summed E-state index contributed by atoms with van der Waals surface area (Å²) in [7, 11) is 0. The third-order valence-electron chi connectivity index (χ3n) is 7.22. The maximum absolute atomic E-state index is 14.4. The van der Waals surface area contributed by atoms with Gasteiger partial charge in [0, 0.05) is 49.2 Å². The van der Waals surface area contributed by atoms with Gasteiger partial charge in [-0.1, -0.05) is 6.07 Å². The van der Waals surface area contributed by atoms with Gasteiger partial charge in [0.05, 0.1) is 0 Å². The average molecular weight is 436 g/mol. The number of amides is 1. The van der Waals surface area contributed by atoms with Gasteiger partial charge in [-0.2, -0.15) is 4.39 Å². The number of ether oxygens (including phenoxy) is 2. The lowest BCUT2D eigenvalue weighted by Gasteiger charge is -2.49. The number of rotatable bonds is 3. The average Bonchev–Trinajstić information content (AvgIpc) is 3.53. The summed E-state index contributed by atoms with van der Waals surface area (Å²) in [6.45, 7) is 1.50. The zero-order valence-electron chi connectivity index (χ0n) is 17.7. The molecule has 0 radical (unpaired) electrons. The number of carbonyl (C=O) groups is 1. The number of hydrogen-bond donors (Lipinski definition) is 1. The van der Waals surface area contributed by atoms with Crippen molar-refractivity contribution in [1.82, 2.24) is 9.88 Å². The van der Waals surface area contributed by atoms with Crippen LogP contribution in [0.15, 0.2) is 41.5 Å². The van der Waals surface area contributed by atoms with E-state index < -0.39 is 11.5 Å². The zero-order chi connectivity index (χ0) is 21.9. The Morgan fingerprint density at radius 3 is 2.91 bits per heavy atom. The number of carbonyl (C=O) groups excluding carboxylic acids is 1. The van der Waals surface area contributed by atoms with Crippen LogP contribution in [0.4, 0.5) is 4.39 Å². The second-order valence-corrected chi connectivity index (χ2v) is 9.25. The van der Waals surface area contributed by atoms with Crippen molar-refractivity contribution in [3.05, 3.63) is 48.0 Å². The molecule has 6 rings (SSSR count). The van der Waals surface area contributed by atoms with Crippen molar-refractivity contribution in [2.45, 2.75) is 37.3 Å². The molecule has 2 N–H and O–H groups in total. The molecule has 4 heterocycles. The van der Waals surface area contributed by atoms with Crippen LogP contribution in [0.3, 0.4) is 0 Å². The second kappa shape index (κ2) is 7.18. The first-order chi connectivity index (χ1) is 15.5. The number of hydrogen-bond acceptors (Lipinski definition) is 6. The van der Waals surface area contributed by atoms with E-state index in [1.807, 2.05) is 23.1 Å². The van der Waals surface area contributed by atoms with Crippen LogP contribution in [-0.2, 0) is 15.1 Å². The molecule has 2 aromatic rings. The minimum Gasteiger partial charge on any atom is -0.490 e. The number of fused-ring (bicyclic) bond motifs is 4. The summed E-state index contributed by atoms with van der Waals surface area (Å²) in [6.07, 6.45) is 4.98. The molecule has 2 fully saturated rings. The van der Waals surface area contributed by atoms with Gasteiger partial charge in [0.25, 0.3) is 6.02 Å². The first-order valence-electron chi connectivity index (χ1n) is 11.2. The molecule has 1 amide bonds. The normalized spacial score (nSPS) is 28.4. The summed E-state index contributed by atoms with van der Waals surface area (Å²) in [5, 5.41) is 0. The number of likely N-dealkylation sites (tertiary alicyclic amines) is 1. The van der Waals surface area contributed by atoms with Gasteiger partial charge >= 0.3 is 0 Å². The standard InChI is InChI=1S/C24H25FN4O3/c25-22-16(2-1-8-27-22)15-5-6-19-17(11-15)24(13-31-23(26)28-24)18-12-29(9-7-20(18)32-19)21(30)10-14-3-4-14/h1-2,5-6,8,11,14,18,20H,3-4,7,9-10,12-13H2,(H2,26,28)/t18-,20-,24?/m0/s1. The van der Waals surface area contributed by atoms with Crippen molar-refractivity contribution in [2.75, 3.05) is 19.7 Å². The molecule has 1 aliphatic carbocycles. The predicted molar refractivity (Wildman–Crippen MR) is 115 cm³/mol. The second-order valence-electron chi connectivity index (χ2n) is 9.25. The van der Waals surface area contributed by atoms with Crippen molar-refractivity contribution in [2.24, 2.45) is 22.6 Å². The molecule has 4 aliphatic rings. The molecule has 32 heavy (non-hydrogen) atoms. The molecule has 3 atom stereocenters. The number of halogens is 1. The van der Waals surface area contributed by atoms with Gasteiger partial charge in [-0.3, -0.25) is 4.79 Å². The van der Waals surface area contributed by atoms with E-state index >= 15 is 0 Å². The number of benzene rings is 1. The lowest BCUT2D eigenvalue weighted by Crippen LogP contribution is -2.58. The molecule has 7 nitrogen and oxygen atoms in total. The molecule has 1 spiro atoms. The lowest BCUT2D eigenvalue weighted by atomic mass is 9.71. The number of aliphatic imine (C=N–C) groups is 1. The first kappa shape index (κ1) is 19.5. The highest BCUT2D eigenvalue weighted by Gasteiger charge is 2.56. The molecule has 3 aliphatic heterocycles. The summed E-state index contributed by atoms with van der Waals surface area (Å²) in [4.78, 5) is 23.4. The monoisotopic (exact) mass is 436 g/mol. The third kappa shape index (κ3) is 3.12. The molecular formula is C24H25FN4O3.